The highest BCUT2D eigenvalue weighted by Gasteiger charge is 2.26. The summed E-state index contributed by atoms with van der Waals surface area (Å²) in [4.78, 5) is 45.7. The van der Waals surface area contributed by atoms with E-state index in [1.807, 2.05) is 29.2 Å². The molecule has 0 bridgehead atoms. The Labute approximate surface area is 319 Å². The molecular formula is C40H37F3N10O3. The zero-order chi connectivity index (χ0) is 38.8. The van der Waals surface area contributed by atoms with Crippen LogP contribution < -0.4 is 26.2 Å². The Morgan fingerprint density at radius 1 is 0.929 bits per heavy atom. The largest absolute Gasteiger partial charge is 0.395 e. The average Bonchev–Trinajstić information content (AvgIpc) is 3.48. The van der Waals surface area contributed by atoms with Crippen LogP contribution in [0.1, 0.15) is 31.8 Å². The third-order valence-corrected chi connectivity index (χ3v) is 9.89. The van der Waals surface area contributed by atoms with Crippen molar-refractivity contribution < 1.29 is 27.9 Å². The summed E-state index contributed by atoms with van der Waals surface area (Å²) in [5.41, 5.74) is 3.93. The molecule has 0 spiro atoms. The highest BCUT2D eigenvalue weighted by Crippen LogP contribution is 2.36. The van der Waals surface area contributed by atoms with Gasteiger partial charge in [-0.05, 0) is 72.6 Å². The van der Waals surface area contributed by atoms with Crippen molar-refractivity contribution in [3.8, 4) is 11.3 Å². The minimum absolute atomic E-state index is 0.0254. The number of aliphatic hydroxyl groups is 1. The molecule has 56 heavy (non-hydrogen) atoms. The van der Waals surface area contributed by atoms with Crippen molar-refractivity contribution in [3.05, 3.63) is 119 Å². The van der Waals surface area contributed by atoms with Crippen LogP contribution in [0.4, 0.5) is 42.1 Å². The smallest absolute Gasteiger partial charge is 0.256 e. The van der Waals surface area contributed by atoms with Crippen LogP contribution in [0.3, 0.4) is 0 Å². The lowest BCUT2D eigenvalue weighted by molar-refractivity contribution is 0.0941. The van der Waals surface area contributed by atoms with E-state index in [0.717, 1.165) is 5.69 Å². The van der Waals surface area contributed by atoms with E-state index in [-0.39, 0.29) is 54.1 Å². The first kappa shape index (κ1) is 36.5. The number of hydrogen-bond donors (Lipinski definition) is 6. The Kier molecular flexibility index (Phi) is 10.2. The van der Waals surface area contributed by atoms with Crippen molar-refractivity contribution in [1.82, 2.24) is 35.5 Å². The quantitative estimate of drug-likeness (QED) is 0.103. The van der Waals surface area contributed by atoms with Gasteiger partial charge < -0.3 is 36.3 Å². The second-order valence-electron chi connectivity index (χ2n) is 13.5. The number of anilines is 5. The fourth-order valence-corrected chi connectivity index (χ4v) is 7.13. The van der Waals surface area contributed by atoms with Crippen molar-refractivity contribution >= 4 is 51.7 Å². The maximum atomic E-state index is 15.6. The normalized spacial score (nSPS) is 14.4. The molecule has 8 rings (SSSR count). The first-order valence-corrected chi connectivity index (χ1v) is 18.1. The minimum Gasteiger partial charge on any atom is -0.395 e. The molecule has 2 amide bonds. The number of aliphatic hydroxyl groups excluding tert-OH is 1. The number of benzene rings is 3. The zero-order valence-electron chi connectivity index (χ0n) is 30.0. The maximum absolute atomic E-state index is 15.6. The number of aromatic amines is 1. The lowest BCUT2D eigenvalue weighted by Gasteiger charge is -2.36. The molecule has 13 nitrogen and oxygen atoms in total. The summed E-state index contributed by atoms with van der Waals surface area (Å²) >= 11 is 0. The van der Waals surface area contributed by atoms with E-state index < -0.39 is 23.4 Å². The third-order valence-electron chi connectivity index (χ3n) is 9.89. The van der Waals surface area contributed by atoms with Crippen molar-refractivity contribution in [3.63, 3.8) is 0 Å². The molecule has 6 aromatic rings. The standard InChI is InChI=1S/C40H37F3N10O3/c41-24-19-28-35-27(8-10-45-38(28)55)36(49-33(35)20-24)23-17-31(42)30(32(43)18-23)22-52-12-14-53(15-13-52)26-6-4-25(5-7-26)48-40-47-21-29(39(56)46-11-16-54)37(51-40)50-34-3-1-2-9-44-34/h1-7,9,17-21,49,54H,8,10-16,22H2,(H,45,55)(H,46,56)(H2,44,47,48,50,51). The monoisotopic (exact) mass is 762 g/mol. The van der Waals surface area contributed by atoms with E-state index in [1.54, 1.807) is 24.4 Å². The molecule has 0 atom stereocenters. The number of rotatable bonds is 11. The van der Waals surface area contributed by atoms with Crippen molar-refractivity contribution in [2.45, 2.75) is 13.0 Å². The molecule has 0 radical (unpaired) electrons. The van der Waals surface area contributed by atoms with Gasteiger partial charge in [0, 0.05) is 97.3 Å². The van der Waals surface area contributed by atoms with Gasteiger partial charge in [0.15, 0.2) is 0 Å². The summed E-state index contributed by atoms with van der Waals surface area (Å²) in [6.45, 7) is 2.74. The average molecular weight is 763 g/mol. The van der Waals surface area contributed by atoms with Gasteiger partial charge in [0.1, 0.15) is 34.7 Å². The van der Waals surface area contributed by atoms with E-state index in [4.69, 9.17) is 5.11 Å². The number of aromatic nitrogens is 4. The maximum Gasteiger partial charge on any atom is 0.256 e. The Bertz CT molecular complexity index is 2400. The van der Waals surface area contributed by atoms with Gasteiger partial charge in [0.25, 0.3) is 11.8 Å². The van der Waals surface area contributed by atoms with Crippen LogP contribution in [0.2, 0.25) is 0 Å². The molecule has 16 heteroatoms. The number of pyridine rings is 1. The van der Waals surface area contributed by atoms with Crippen LogP contribution in [0.15, 0.2) is 79.1 Å². The van der Waals surface area contributed by atoms with Crippen molar-refractivity contribution in [1.29, 1.82) is 0 Å². The molecular weight excluding hydrogens is 726 g/mol. The van der Waals surface area contributed by atoms with Gasteiger partial charge in [-0.15, -0.1) is 0 Å². The summed E-state index contributed by atoms with van der Waals surface area (Å²) in [5, 5.41) is 21.3. The first-order chi connectivity index (χ1) is 27.2. The number of amides is 2. The zero-order valence-corrected chi connectivity index (χ0v) is 30.0. The number of H-pyrrole nitrogens is 1. The molecule has 6 N–H and O–H groups in total. The van der Waals surface area contributed by atoms with Gasteiger partial charge in [-0.25, -0.2) is 23.1 Å². The Morgan fingerprint density at radius 3 is 2.45 bits per heavy atom. The van der Waals surface area contributed by atoms with E-state index >= 15 is 8.78 Å². The van der Waals surface area contributed by atoms with E-state index in [2.05, 4.69) is 46.1 Å². The second kappa shape index (κ2) is 15.7. The summed E-state index contributed by atoms with van der Waals surface area (Å²) in [6, 6.07) is 18.1. The molecule has 0 unspecified atom stereocenters. The summed E-state index contributed by atoms with van der Waals surface area (Å²) in [5.74, 6) is -1.77. The Morgan fingerprint density at radius 2 is 1.71 bits per heavy atom. The molecule has 0 aliphatic carbocycles. The van der Waals surface area contributed by atoms with E-state index in [0.29, 0.717) is 78.4 Å². The van der Waals surface area contributed by atoms with Crippen LogP contribution >= 0.6 is 0 Å². The van der Waals surface area contributed by atoms with Gasteiger partial charge in [-0.2, -0.15) is 4.98 Å². The number of piperazine rings is 1. The van der Waals surface area contributed by atoms with E-state index in [1.165, 1.54) is 30.5 Å². The summed E-state index contributed by atoms with van der Waals surface area (Å²) < 4.78 is 45.6. The van der Waals surface area contributed by atoms with Crippen LogP contribution in [0.5, 0.6) is 0 Å². The predicted molar refractivity (Wildman–Crippen MR) is 206 cm³/mol. The highest BCUT2D eigenvalue weighted by atomic mass is 19.1. The number of carbonyl (C=O) groups is 2. The predicted octanol–water partition coefficient (Wildman–Crippen LogP) is 5.25. The van der Waals surface area contributed by atoms with E-state index in [9.17, 15) is 14.0 Å². The SMILES string of the molecule is O=C(NCCO)c1cnc(Nc2ccc(N3CCN(Cc4c(F)cc(-c5[nH]c6cc(F)cc7c6c5CCNC7=O)cc4F)CC3)cc2)nc1Nc1ccccn1. The van der Waals surface area contributed by atoms with Gasteiger partial charge in [0.2, 0.25) is 5.95 Å². The number of halogens is 3. The van der Waals surface area contributed by atoms with Crippen molar-refractivity contribution in [2.24, 2.45) is 0 Å². The lowest BCUT2D eigenvalue weighted by atomic mass is 9.99. The first-order valence-electron chi connectivity index (χ1n) is 18.1. The molecule has 2 aliphatic rings. The fraction of sp³-hybridized carbons (Fsp3) is 0.225. The van der Waals surface area contributed by atoms with Crippen molar-refractivity contribution in [2.75, 3.05) is 61.4 Å². The molecule has 1 saturated heterocycles. The van der Waals surface area contributed by atoms with Crippen LogP contribution in [0.25, 0.3) is 22.2 Å². The van der Waals surface area contributed by atoms with Crippen LogP contribution in [-0.2, 0) is 13.0 Å². The topological polar surface area (TPSA) is 163 Å². The number of hydrogen-bond acceptors (Lipinski definition) is 10. The van der Waals surface area contributed by atoms with Gasteiger partial charge in [-0.1, -0.05) is 6.07 Å². The van der Waals surface area contributed by atoms with Gasteiger partial charge >= 0.3 is 0 Å². The minimum atomic E-state index is -0.672. The highest BCUT2D eigenvalue weighted by molar-refractivity contribution is 6.10. The summed E-state index contributed by atoms with van der Waals surface area (Å²) in [6.07, 6.45) is 3.44. The number of nitrogens with one attached hydrogen (secondary N) is 5. The number of carbonyl (C=O) groups excluding carboxylic acids is 2. The molecule has 0 saturated carbocycles. The Hall–Kier alpha value is -6.52. The molecule has 3 aromatic heterocycles. The Balaban J connectivity index is 0.911. The van der Waals surface area contributed by atoms with Gasteiger partial charge in [0.05, 0.1) is 12.2 Å². The molecule has 286 valence electrons. The van der Waals surface area contributed by atoms with Gasteiger partial charge in [-0.3, -0.25) is 14.5 Å². The van der Waals surface area contributed by atoms with Crippen LogP contribution in [0, 0.1) is 17.5 Å². The molecule has 5 heterocycles. The fourth-order valence-electron chi connectivity index (χ4n) is 7.13. The number of nitrogens with zero attached hydrogens (tertiary/aromatic N) is 5. The molecule has 2 aliphatic heterocycles. The lowest BCUT2D eigenvalue weighted by Crippen LogP contribution is -2.46. The molecule has 1 fully saturated rings. The second-order valence-corrected chi connectivity index (χ2v) is 13.5. The third kappa shape index (κ3) is 7.56. The van der Waals surface area contributed by atoms with Crippen LogP contribution in [-0.4, -0.2) is 87.6 Å². The molecule has 3 aromatic carbocycles. The summed E-state index contributed by atoms with van der Waals surface area (Å²) in [7, 11) is 0.